The van der Waals surface area contributed by atoms with Gasteiger partial charge in [0.25, 0.3) is 0 Å². The van der Waals surface area contributed by atoms with Gasteiger partial charge in [-0.25, -0.2) is 9.78 Å². The van der Waals surface area contributed by atoms with Crippen LogP contribution in [-0.4, -0.2) is 39.0 Å². The van der Waals surface area contributed by atoms with E-state index in [0.29, 0.717) is 11.6 Å². The quantitative estimate of drug-likeness (QED) is 0.704. The van der Waals surface area contributed by atoms with E-state index in [4.69, 9.17) is 11.6 Å². The first kappa shape index (κ1) is 16.2. The number of hydrogen-bond donors (Lipinski definition) is 3. The van der Waals surface area contributed by atoms with Gasteiger partial charge in [-0.3, -0.25) is 9.78 Å². The summed E-state index contributed by atoms with van der Waals surface area (Å²) in [5.74, 6) is -1.45. The highest BCUT2D eigenvalue weighted by Gasteiger charge is 2.30. The molecule has 1 amide bonds. The molecule has 3 rings (SSSR count). The average molecular weight is 347 g/mol. The number of pyridine rings is 2. The Morgan fingerprint density at radius 1 is 1.42 bits per heavy atom. The van der Waals surface area contributed by atoms with E-state index in [1.54, 1.807) is 36.8 Å². The molecule has 0 aliphatic carbocycles. The molecule has 2 aromatic rings. The maximum absolute atomic E-state index is 12.4. The Kier molecular flexibility index (Phi) is 4.61. The molecule has 0 radical (unpaired) electrons. The Morgan fingerprint density at radius 3 is 2.88 bits per heavy atom. The van der Waals surface area contributed by atoms with Crippen LogP contribution in [0.5, 0.6) is 0 Å². The molecule has 0 bridgehead atoms. The highest BCUT2D eigenvalue weighted by molar-refractivity contribution is 6.29. The van der Waals surface area contributed by atoms with E-state index in [1.165, 1.54) is 0 Å². The summed E-state index contributed by atoms with van der Waals surface area (Å²) in [4.78, 5) is 31.7. The monoisotopic (exact) mass is 346 g/mol. The fourth-order valence-electron chi connectivity index (χ4n) is 2.61. The first-order chi connectivity index (χ1) is 11.5. The van der Waals surface area contributed by atoms with E-state index in [2.05, 4.69) is 20.6 Å². The van der Waals surface area contributed by atoms with Gasteiger partial charge in [-0.15, -0.1) is 0 Å². The third kappa shape index (κ3) is 3.62. The van der Waals surface area contributed by atoms with Gasteiger partial charge in [0.15, 0.2) is 0 Å². The average Bonchev–Trinajstić information content (AvgIpc) is 2.98. The number of carboxylic acid groups (broad SMARTS) is 1. The minimum absolute atomic E-state index is 0.191. The molecule has 2 aromatic heterocycles. The van der Waals surface area contributed by atoms with Gasteiger partial charge in [0.2, 0.25) is 5.91 Å². The minimum atomic E-state index is -1.08. The standard InChI is InChI=1S/C16H15ClN4O3/c17-14-7-10-6-11(20-13(10)8-19-14)15(22)21-12(16(23)24)5-9-1-3-18-4-2-9/h1-4,7-8,11-12,20H,5-6H2,(H,21,22)(H,23,24)/t11?,12-/m0/s1. The molecule has 1 aliphatic heterocycles. The second-order valence-corrected chi connectivity index (χ2v) is 5.91. The van der Waals surface area contributed by atoms with Crippen LogP contribution in [0.3, 0.4) is 0 Å². The number of aliphatic carboxylic acids is 1. The Morgan fingerprint density at radius 2 is 2.17 bits per heavy atom. The lowest BCUT2D eigenvalue weighted by Crippen LogP contribution is -2.48. The third-order valence-corrected chi connectivity index (χ3v) is 4.04. The first-order valence-electron chi connectivity index (χ1n) is 7.36. The zero-order chi connectivity index (χ0) is 17.1. The van der Waals surface area contributed by atoms with Gasteiger partial charge in [-0.1, -0.05) is 11.6 Å². The van der Waals surface area contributed by atoms with Crippen LogP contribution in [0.1, 0.15) is 11.1 Å². The van der Waals surface area contributed by atoms with Gasteiger partial charge in [0.1, 0.15) is 17.2 Å². The number of amides is 1. The smallest absolute Gasteiger partial charge is 0.326 e. The number of fused-ring (bicyclic) bond motifs is 1. The van der Waals surface area contributed by atoms with Crippen LogP contribution in [0, 0.1) is 0 Å². The first-order valence-corrected chi connectivity index (χ1v) is 7.74. The number of halogens is 1. The fourth-order valence-corrected chi connectivity index (χ4v) is 2.79. The van der Waals surface area contributed by atoms with Crippen molar-refractivity contribution in [3.05, 3.63) is 53.1 Å². The van der Waals surface area contributed by atoms with Gasteiger partial charge in [-0.05, 0) is 29.3 Å². The lowest BCUT2D eigenvalue weighted by Gasteiger charge is -2.18. The topological polar surface area (TPSA) is 104 Å². The van der Waals surface area contributed by atoms with Gasteiger partial charge >= 0.3 is 5.97 Å². The Hall–Kier alpha value is -2.67. The lowest BCUT2D eigenvalue weighted by molar-refractivity contribution is -0.141. The molecule has 2 atom stereocenters. The molecule has 8 heteroatoms. The molecule has 0 aromatic carbocycles. The number of nitrogens with zero attached hydrogens (tertiary/aromatic N) is 2. The molecule has 0 saturated heterocycles. The Labute approximate surface area is 143 Å². The maximum atomic E-state index is 12.4. The van der Waals surface area contributed by atoms with Crippen molar-refractivity contribution in [2.45, 2.75) is 24.9 Å². The van der Waals surface area contributed by atoms with Crippen LogP contribution in [0.25, 0.3) is 0 Å². The van der Waals surface area contributed by atoms with Crippen molar-refractivity contribution in [3.8, 4) is 0 Å². The Balaban J connectivity index is 1.65. The molecule has 0 saturated carbocycles. The number of hydrogen-bond acceptors (Lipinski definition) is 5. The molecule has 124 valence electrons. The number of aromatic nitrogens is 2. The normalized spacial score (nSPS) is 16.8. The zero-order valence-electron chi connectivity index (χ0n) is 12.6. The summed E-state index contributed by atoms with van der Waals surface area (Å²) in [6.07, 6.45) is 5.36. The number of carbonyl (C=O) groups is 2. The minimum Gasteiger partial charge on any atom is -0.480 e. The van der Waals surface area contributed by atoms with E-state index in [0.717, 1.165) is 16.8 Å². The lowest BCUT2D eigenvalue weighted by atomic mass is 10.1. The van der Waals surface area contributed by atoms with E-state index >= 15 is 0 Å². The highest BCUT2D eigenvalue weighted by atomic mass is 35.5. The number of nitrogens with one attached hydrogen (secondary N) is 2. The van der Waals surface area contributed by atoms with E-state index in [1.807, 2.05) is 0 Å². The van der Waals surface area contributed by atoms with Crippen LogP contribution in [0.15, 0.2) is 36.8 Å². The number of anilines is 1. The van der Waals surface area contributed by atoms with Gasteiger partial charge < -0.3 is 15.7 Å². The molecule has 7 nitrogen and oxygen atoms in total. The summed E-state index contributed by atoms with van der Waals surface area (Å²) < 4.78 is 0. The van der Waals surface area contributed by atoms with Gasteiger partial charge in [0.05, 0.1) is 11.9 Å². The third-order valence-electron chi connectivity index (χ3n) is 3.83. The molecule has 3 heterocycles. The van der Waals surface area contributed by atoms with Crippen molar-refractivity contribution in [3.63, 3.8) is 0 Å². The summed E-state index contributed by atoms with van der Waals surface area (Å²) in [7, 11) is 0. The molecule has 0 spiro atoms. The predicted molar refractivity (Wildman–Crippen MR) is 87.9 cm³/mol. The second kappa shape index (κ2) is 6.84. The summed E-state index contributed by atoms with van der Waals surface area (Å²) >= 11 is 5.84. The fraction of sp³-hybridized carbons (Fsp3) is 0.250. The summed E-state index contributed by atoms with van der Waals surface area (Å²) in [5, 5.41) is 15.3. The number of carboxylic acids is 1. The van der Waals surface area contributed by atoms with Crippen molar-refractivity contribution in [1.29, 1.82) is 0 Å². The van der Waals surface area contributed by atoms with Crippen molar-refractivity contribution >= 4 is 29.2 Å². The van der Waals surface area contributed by atoms with Crippen molar-refractivity contribution in [2.75, 3.05) is 5.32 Å². The molecule has 3 N–H and O–H groups in total. The van der Waals surface area contributed by atoms with Crippen LogP contribution in [0.2, 0.25) is 5.15 Å². The Bertz CT molecular complexity index is 769. The van der Waals surface area contributed by atoms with Crippen LogP contribution in [-0.2, 0) is 22.4 Å². The molecular weight excluding hydrogens is 332 g/mol. The van der Waals surface area contributed by atoms with Crippen LogP contribution >= 0.6 is 11.6 Å². The summed E-state index contributed by atoms with van der Waals surface area (Å²) in [6.45, 7) is 0. The maximum Gasteiger partial charge on any atom is 0.326 e. The molecule has 24 heavy (non-hydrogen) atoms. The molecule has 1 unspecified atom stereocenters. The van der Waals surface area contributed by atoms with Gasteiger partial charge in [0, 0.05) is 25.2 Å². The van der Waals surface area contributed by atoms with Crippen LogP contribution < -0.4 is 10.6 Å². The van der Waals surface area contributed by atoms with Gasteiger partial charge in [-0.2, -0.15) is 0 Å². The number of rotatable bonds is 5. The van der Waals surface area contributed by atoms with E-state index < -0.39 is 18.1 Å². The largest absolute Gasteiger partial charge is 0.480 e. The zero-order valence-corrected chi connectivity index (χ0v) is 13.3. The SMILES string of the molecule is O=C(N[C@@H](Cc1ccncc1)C(=O)O)C1Cc2cc(Cl)ncc2N1. The van der Waals surface area contributed by atoms with Crippen molar-refractivity contribution in [2.24, 2.45) is 0 Å². The summed E-state index contributed by atoms with van der Waals surface area (Å²) in [5.41, 5.74) is 2.41. The predicted octanol–water partition coefficient (Wildman–Crippen LogP) is 1.28. The number of carbonyl (C=O) groups excluding carboxylic acids is 1. The molecule has 0 fully saturated rings. The summed E-state index contributed by atoms with van der Waals surface area (Å²) in [6, 6.07) is 3.59. The van der Waals surface area contributed by atoms with Crippen molar-refractivity contribution < 1.29 is 14.7 Å². The molecular formula is C16H15ClN4O3. The van der Waals surface area contributed by atoms with E-state index in [9.17, 15) is 14.7 Å². The van der Waals surface area contributed by atoms with Crippen LogP contribution in [0.4, 0.5) is 5.69 Å². The highest BCUT2D eigenvalue weighted by Crippen LogP contribution is 2.26. The van der Waals surface area contributed by atoms with Crippen molar-refractivity contribution in [1.82, 2.24) is 15.3 Å². The molecule has 1 aliphatic rings. The second-order valence-electron chi connectivity index (χ2n) is 5.52. The van der Waals surface area contributed by atoms with E-state index in [-0.39, 0.29) is 12.3 Å².